The fourth-order valence-electron chi connectivity index (χ4n) is 1.50. The van der Waals surface area contributed by atoms with Gasteiger partial charge in [0.25, 0.3) is 0 Å². The highest BCUT2D eigenvalue weighted by Gasteiger charge is 2.01. The number of hydrogen-bond acceptors (Lipinski definition) is 4. The fraction of sp³-hybridized carbons (Fsp3) is 0.769. The zero-order chi connectivity index (χ0) is 12.3. The van der Waals surface area contributed by atoms with Gasteiger partial charge in [-0.05, 0) is 18.6 Å². The van der Waals surface area contributed by atoms with Crippen LogP contribution in [-0.4, -0.2) is 17.3 Å². The number of nitrogens with zero attached hydrogens (tertiary/aromatic N) is 1. The lowest BCUT2D eigenvalue weighted by atomic mass is 10.2. The summed E-state index contributed by atoms with van der Waals surface area (Å²) >= 11 is 3.73. The maximum Gasteiger partial charge on any atom is 0.183 e. The van der Waals surface area contributed by atoms with Gasteiger partial charge < -0.3 is 5.32 Å². The van der Waals surface area contributed by atoms with Crippen molar-refractivity contribution >= 4 is 28.2 Å². The molecular weight excluding hydrogens is 248 g/mol. The number of hydrogen-bond donors (Lipinski definition) is 1. The molecule has 0 bridgehead atoms. The van der Waals surface area contributed by atoms with Crippen molar-refractivity contribution in [3.05, 3.63) is 6.20 Å². The van der Waals surface area contributed by atoms with Crippen LogP contribution < -0.4 is 5.32 Å². The summed E-state index contributed by atoms with van der Waals surface area (Å²) in [6.07, 6.45) is 9.79. The molecule has 0 saturated carbocycles. The van der Waals surface area contributed by atoms with Crippen molar-refractivity contribution in [3.8, 4) is 0 Å². The highest BCUT2D eigenvalue weighted by atomic mass is 32.2. The van der Waals surface area contributed by atoms with E-state index >= 15 is 0 Å². The lowest BCUT2D eigenvalue weighted by molar-refractivity contribution is 0.743. The first-order valence-corrected chi connectivity index (χ1v) is 8.49. The average Bonchev–Trinajstić information content (AvgIpc) is 2.78. The Bertz CT molecular complexity index is 260. The predicted molar refractivity (Wildman–Crippen MR) is 80.4 cm³/mol. The second-order valence-electron chi connectivity index (χ2n) is 4.17. The van der Waals surface area contributed by atoms with Crippen molar-refractivity contribution < 1.29 is 0 Å². The number of thioether (sulfide) groups is 1. The molecule has 0 fully saturated rings. The first-order valence-electron chi connectivity index (χ1n) is 6.69. The van der Waals surface area contributed by atoms with Crippen LogP contribution in [0.5, 0.6) is 0 Å². The van der Waals surface area contributed by atoms with Crippen molar-refractivity contribution in [1.29, 1.82) is 0 Å². The molecule has 1 N–H and O–H groups in total. The molecule has 0 aliphatic heterocycles. The summed E-state index contributed by atoms with van der Waals surface area (Å²) in [7, 11) is 0. The Kier molecular flexibility index (Phi) is 8.53. The van der Waals surface area contributed by atoms with Gasteiger partial charge in [-0.25, -0.2) is 4.98 Å². The van der Waals surface area contributed by atoms with Crippen LogP contribution in [0.1, 0.15) is 52.4 Å². The minimum atomic E-state index is 1.06. The standard InChI is InChI=1S/C13H24N2S2/c1-3-5-7-9-14-13-15-11-12(17-13)16-10-8-6-4-2/h11H,3-10H2,1-2H3,(H,14,15). The van der Waals surface area contributed by atoms with Crippen molar-refractivity contribution in [3.63, 3.8) is 0 Å². The fourth-order valence-corrected chi connectivity index (χ4v) is 3.48. The molecule has 2 nitrogen and oxygen atoms in total. The lowest BCUT2D eigenvalue weighted by Crippen LogP contribution is -1.99. The van der Waals surface area contributed by atoms with Gasteiger partial charge in [-0.3, -0.25) is 0 Å². The molecule has 0 atom stereocenters. The smallest absolute Gasteiger partial charge is 0.183 e. The van der Waals surface area contributed by atoms with Gasteiger partial charge in [0.2, 0.25) is 0 Å². The molecule has 0 aliphatic rings. The van der Waals surface area contributed by atoms with Crippen molar-refractivity contribution in [2.45, 2.75) is 56.6 Å². The Labute approximate surface area is 114 Å². The largest absolute Gasteiger partial charge is 0.361 e. The molecule has 98 valence electrons. The molecule has 0 radical (unpaired) electrons. The second-order valence-corrected chi connectivity index (χ2v) is 6.60. The van der Waals surface area contributed by atoms with Gasteiger partial charge in [0, 0.05) is 6.54 Å². The van der Waals surface area contributed by atoms with E-state index in [-0.39, 0.29) is 0 Å². The SMILES string of the molecule is CCCCCNc1ncc(SCCCCC)s1. The molecule has 0 unspecified atom stereocenters. The number of thiazole rings is 1. The maximum absolute atomic E-state index is 4.40. The van der Waals surface area contributed by atoms with Gasteiger partial charge in [-0.15, -0.1) is 11.8 Å². The summed E-state index contributed by atoms with van der Waals surface area (Å²) in [6.45, 7) is 5.53. The van der Waals surface area contributed by atoms with E-state index in [1.165, 1.54) is 48.5 Å². The third-order valence-corrected chi connectivity index (χ3v) is 4.77. The molecule has 1 aromatic rings. The normalized spacial score (nSPS) is 10.7. The van der Waals surface area contributed by atoms with Crippen LogP contribution in [0.4, 0.5) is 5.13 Å². The van der Waals surface area contributed by atoms with Gasteiger partial charge in [-0.2, -0.15) is 0 Å². The number of anilines is 1. The van der Waals surface area contributed by atoms with Crippen LogP contribution >= 0.6 is 23.1 Å². The van der Waals surface area contributed by atoms with E-state index in [4.69, 9.17) is 0 Å². The summed E-state index contributed by atoms with van der Waals surface area (Å²) in [5.74, 6) is 1.23. The third-order valence-electron chi connectivity index (χ3n) is 2.53. The molecule has 17 heavy (non-hydrogen) atoms. The molecule has 1 rings (SSSR count). The van der Waals surface area contributed by atoms with Gasteiger partial charge in [-0.1, -0.05) is 50.9 Å². The Morgan fingerprint density at radius 2 is 1.94 bits per heavy atom. The minimum absolute atomic E-state index is 1.06. The first kappa shape index (κ1) is 14.8. The third kappa shape index (κ3) is 6.94. The first-order chi connectivity index (χ1) is 8.36. The van der Waals surface area contributed by atoms with E-state index < -0.39 is 0 Å². The molecule has 1 aromatic heterocycles. The Balaban J connectivity index is 2.14. The molecule has 0 spiro atoms. The zero-order valence-corrected chi connectivity index (χ0v) is 12.6. The maximum atomic E-state index is 4.40. The topological polar surface area (TPSA) is 24.9 Å². The molecule has 1 heterocycles. The Morgan fingerprint density at radius 3 is 2.71 bits per heavy atom. The number of aromatic nitrogens is 1. The van der Waals surface area contributed by atoms with E-state index in [1.807, 2.05) is 18.0 Å². The van der Waals surface area contributed by atoms with Gasteiger partial charge in [0.05, 0.1) is 10.4 Å². The van der Waals surface area contributed by atoms with E-state index in [0.717, 1.165) is 11.7 Å². The molecule has 0 aliphatic carbocycles. The Hall–Kier alpha value is -0.220. The van der Waals surface area contributed by atoms with Crippen LogP contribution in [0.2, 0.25) is 0 Å². The van der Waals surface area contributed by atoms with E-state index in [0.29, 0.717) is 0 Å². The van der Waals surface area contributed by atoms with Crippen LogP contribution in [-0.2, 0) is 0 Å². The van der Waals surface area contributed by atoms with E-state index in [9.17, 15) is 0 Å². The number of rotatable bonds is 10. The van der Waals surface area contributed by atoms with E-state index in [2.05, 4.69) is 24.1 Å². The van der Waals surface area contributed by atoms with E-state index in [1.54, 1.807) is 11.3 Å². The molecular formula is C13H24N2S2. The van der Waals surface area contributed by atoms with Crippen LogP contribution in [0.25, 0.3) is 0 Å². The summed E-state index contributed by atoms with van der Waals surface area (Å²) in [5, 5.41) is 4.48. The summed E-state index contributed by atoms with van der Waals surface area (Å²) in [4.78, 5) is 4.40. The summed E-state index contributed by atoms with van der Waals surface area (Å²) < 4.78 is 1.35. The Morgan fingerprint density at radius 1 is 1.18 bits per heavy atom. The minimum Gasteiger partial charge on any atom is -0.361 e. The summed E-state index contributed by atoms with van der Waals surface area (Å²) in [5.41, 5.74) is 0. The summed E-state index contributed by atoms with van der Waals surface area (Å²) in [6, 6.07) is 0. The van der Waals surface area contributed by atoms with Crippen LogP contribution in [0, 0.1) is 0 Å². The molecule has 4 heteroatoms. The monoisotopic (exact) mass is 272 g/mol. The highest BCUT2D eigenvalue weighted by molar-refractivity contribution is 8.01. The van der Waals surface area contributed by atoms with Gasteiger partial charge in [0.15, 0.2) is 5.13 Å². The van der Waals surface area contributed by atoms with Crippen LogP contribution in [0.15, 0.2) is 10.4 Å². The molecule has 0 amide bonds. The predicted octanol–water partition coefficient (Wildman–Crippen LogP) is 5.03. The zero-order valence-electron chi connectivity index (χ0n) is 11.0. The second kappa shape index (κ2) is 9.77. The van der Waals surface area contributed by atoms with Crippen LogP contribution in [0.3, 0.4) is 0 Å². The number of nitrogens with one attached hydrogen (secondary N) is 1. The van der Waals surface area contributed by atoms with Crippen molar-refractivity contribution in [2.24, 2.45) is 0 Å². The van der Waals surface area contributed by atoms with Crippen molar-refractivity contribution in [2.75, 3.05) is 17.6 Å². The van der Waals surface area contributed by atoms with Gasteiger partial charge >= 0.3 is 0 Å². The number of unbranched alkanes of at least 4 members (excludes halogenated alkanes) is 4. The quantitative estimate of drug-likeness (QED) is 0.478. The average molecular weight is 272 g/mol. The lowest BCUT2D eigenvalue weighted by Gasteiger charge is -2.00. The highest BCUT2D eigenvalue weighted by Crippen LogP contribution is 2.28. The van der Waals surface area contributed by atoms with Gasteiger partial charge in [0.1, 0.15) is 0 Å². The van der Waals surface area contributed by atoms with Crippen molar-refractivity contribution in [1.82, 2.24) is 4.98 Å². The molecule has 0 aromatic carbocycles. The molecule has 0 saturated heterocycles.